The van der Waals surface area contributed by atoms with Crippen LogP contribution in [0.4, 0.5) is 5.69 Å². The Morgan fingerprint density at radius 2 is 1.89 bits per heavy atom. The second-order valence-corrected chi connectivity index (χ2v) is 6.89. The van der Waals surface area contributed by atoms with E-state index in [-0.39, 0.29) is 9.92 Å². The van der Waals surface area contributed by atoms with Gasteiger partial charge in [-0.15, -0.1) is 0 Å². The Balaban J connectivity index is 2.38. The Bertz CT molecular complexity index is 722. The van der Waals surface area contributed by atoms with Gasteiger partial charge in [0.25, 0.3) is 10.0 Å². The lowest BCUT2D eigenvalue weighted by Gasteiger charge is -2.09. The molecular weight excluding hydrogens is 375 g/mol. The molecule has 100 valence electrons. The first-order valence-corrected chi connectivity index (χ1v) is 8.01. The van der Waals surface area contributed by atoms with E-state index in [9.17, 15) is 8.42 Å². The standard InChI is InChI=1S/C11H7BrCl2N2O2S/c12-8-6-15-4-3-11(8)16-19(17,18)7-1-2-9(13)10(14)5-7/h1-6H,(H,15,16). The van der Waals surface area contributed by atoms with Crippen molar-refractivity contribution in [2.24, 2.45) is 0 Å². The molecule has 0 aliphatic heterocycles. The van der Waals surface area contributed by atoms with E-state index in [1.807, 2.05) is 0 Å². The van der Waals surface area contributed by atoms with Gasteiger partial charge in [0.05, 0.1) is 25.1 Å². The average Bonchev–Trinajstić information content (AvgIpc) is 2.35. The van der Waals surface area contributed by atoms with Crippen molar-refractivity contribution in [3.8, 4) is 0 Å². The van der Waals surface area contributed by atoms with Gasteiger partial charge in [-0.1, -0.05) is 23.2 Å². The van der Waals surface area contributed by atoms with Crippen LogP contribution < -0.4 is 4.72 Å². The lowest BCUT2D eigenvalue weighted by Crippen LogP contribution is -2.13. The van der Waals surface area contributed by atoms with Gasteiger partial charge in [-0.25, -0.2) is 8.42 Å². The number of nitrogens with zero attached hydrogens (tertiary/aromatic N) is 1. The molecule has 1 heterocycles. The van der Waals surface area contributed by atoms with Crippen LogP contribution in [-0.2, 0) is 10.0 Å². The molecule has 0 bridgehead atoms. The van der Waals surface area contributed by atoms with Gasteiger partial charge in [-0.3, -0.25) is 9.71 Å². The van der Waals surface area contributed by atoms with Gasteiger partial charge in [0, 0.05) is 12.4 Å². The van der Waals surface area contributed by atoms with Crippen molar-refractivity contribution in [1.82, 2.24) is 4.98 Å². The molecule has 0 amide bonds. The van der Waals surface area contributed by atoms with Crippen LogP contribution >= 0.6 is 39.1 Å². The first-order valence-electron chi connectivity index (χ1n) is 4.97. The summed E-state index contributed by atoms with van der Waals surface area (Å²) in [6, 6.07) is 5.65. The highest BCUT2D eigenvalue weighted by atomic mass is 79.9. The van der Waals surface area contributed by atoms with E-state index in [4.69, 9.17) is 23.2 Å². The fraction of sp³-hybridized carbons (Fsp3) is 0. The van der Waals surface area contributed by atoms with Crippen molar-refractivity contribution in [2.75, 3.05) is 4.72 Å². The maximum absolute atomic E-state index is 12.2. The van der Waals surface area contributed by atoms with Crippen LogP contribution in [0.1, 0.15) is 0 Å². The van der Waals surface area contributed by atoms with Crippen LogP contribution in [0.15, 0.2) is 46.0 Å². The van der Waals surface area contributed by atoms with Crippen molar-refractivity contribution >= 4 is 54.8 Å². The quantitative estimate of drug-likeness (QED) is 0.875. The Morgan fingerprint density at radius 1 is 1.16 bits per heavy atom. The molecule has 1 N–H and O–H groups in total. The van der Waals surface area contributed by atoms with Gasteiger partial charge in [-0.2, -0.15) is 0 Å². The summed E-state index contributed by atoms with van der Waals surface area (Å²) in [4.78, 5) is 3.89. The lowest BCUT2D eigenvalue weighted by molar-refractivity contribution is 0.601. The third-order valence-electron chi connectivity index (χ3n) is 2.22. The predicted molar refractivity (Wildman–Crippen MR) is 79.2 cm³/mol. The van der Waals surface area contributed by atoms with Crippen LogP contribution in [-0.4, -0.2) is 13.4 Å². The second-order valence-electron chi connectivity index (χ2n) is 3.54. The van der Waals surface area contributed by atoms with Gasteiger partial charge in [0.15, 0.2) is 0 Å². The fourth-order valence-electron chi connectivity index (χ4n) is 1.31. The molecule has 0 saturated carbocycles. The summed E-state index contributed by atoms with van der Waals surface area (Å²) in [5.74, 6) is 0. The molecule has 19 heavy (non-hydrogen) atoms. The van der Waals surface area contributed by atoms with Crippen molar-refractivity contribution in [2.45, 2.75) is 4.90 Å². The van der Waals surface area contributed by atoms with Crippen molar-refractivity contribution in [1.29, 1.82) is 0 Å². The van der Waals surface area contributed by atoms with Gasteiger partial charge in [0.2, 0.25) is 0 Å². The molecule has 0 saturated heterocycles. The molecule has 0 aliphatic rings. The third kappa shape index (κ3) is 3.39. The normalized spacial score (nSPS) is 11.3. The van der Waals surface area contributed by atoms with Gasteiger partial charge in [0.1, 0.15) is 0 Å². The van der Waals surface area contributed by atoms with Crippen LogP contribution in [0.3, 0.4) is 0 Å². The second kappa shape index (κ2) is 5.66. The molecule has 2 aromatic rings. The molecule has 0 fully saturated rings. The zero-order valence-electron chi connectivity index (χ0n) is 9.27. The monoisotopic (exact) mass is 380 g/mol. The Hall–Kier alpha value is -0.820. The van der Waals surface area contributed by atoms with Crippen LogP contribution in [0, 0.1) is 0 Å². The van der Waals surface area contributed by atoms with E-state index in [2.05, 4.69) is 25.6 Å². The lowest BCUT2D eigenvalue weighted by atomic mass is 10.4. The maximum Gasteiger partial charge on any atom is 0.261 e. The van der Waals surface area contributed by atoms with Crippen molar-refractivity contribution < 1.29 is 8.42 Å². The van der Waals surface area contributed by atoms with Crippen LogP contribution in [0.25, 0.3) is 0 Å². The number of hydrogen-bond acceptors (Lipinski definition) is 3. The highest BCUT2D eigenvalue weighted by Crippen LogP contribution is 2.27. The number of halogens is 3. The smallest absolute Gasteiger partial charge is 0.261 e. The van der Waals surface area contributed by atoms with Crippen molar-refractivity contribution in [3.05, 3.63) is 51.2 Å². The van der Waals surface area contributed by atoms with Gasteiger partial charge >= 0.3 is 0 Å². The average molecular weight is 382 g/mol. The Kier molecular flexibility index (Phi) is 4.35. The Morgan fingerprint density at radius 3 is 2.53 bits per heavy atom. The van der Waals surface area contributed by atoms with Crippen molar-refractivity contribution in [3.63, 3.8) is 0 Å². The predicted octanol–water partition coefficient (Wildman–Crippen LogP) is 3.95. The first-order chi connectivity index (χ1) is 8.90. The highest BCUT2D eigenvalue weighted by Gasteiger charge is 2.16. The molecule has 0 atom stereocenters. The number of sulfonamides is 1. The van der Waals surface area contributed by atoms with E-state index in [1.165, 1.54) is 30.6 Å². The SMILES string of the molecule is O=S(=O)(Nc1ccncc1Br)c1ccc(Cl)c(Cl)c1. The summed E-state index contributed by atoms with van der Waals surface area (Å²) >= 11 is 14.8. The van der Waals surface area contributed by atoms with E-state index < -0.39 is 10.0 Å². The Labute approximate surface area is 128 Å². The third-order valence-corrected chi connectivity index (χ3v) is 4.95. The molecule has 0 spiro atoms. The summed E-state index contributed by atoms with van der Waals surface area (Å²) < 4.78 is 27.3. The summed E-state index contributed by atoms with van der Waals surface area (Å²) in [7, 11) is -3.73. The molecule has 0 aliphatic carbocycles. The number of rotatable bonds is 3. The highest BCUT2D eigenvalue weighted by molar-refractivity contribution is 9.10. The molecule has 0 radical (unpaired) electrons. The largest absolute Gasteiger partial charge is 0.278 e. The topological polar surface area (TPSA) is 59.1 Å². The minimum Gasteiger partial charge on any atom is -0.278 e. The minimum absolute atomic E-state index is 0.0330. The summed E-state index contributed by atoms with van der Waals surface area (Å²) in [5, 5.41) is 0.476. The fourth-order valence-corrected chi connectivity index (χ4v) is 3.25. The summed E-state index contributed by atoms with van der Waals surface area (Å²) in [6.45, 7) is 0. The molecule has 0 unspecified atom stereocenters. The first kappa shape index (κ1) is 14.6. The van der Waals surface area contributed by atoms with E-state index in [0.717, 1.165) is 0 Å². The number of nitrogens with one attached hydrogen (secondary N) is 1. The molecule has 4 nitrogen and oxygen atoms in total. The number of pyridine rings is 1. The van der Waals surface area contributed by atoms with E-state index in [1.54, 1.807) is 6.07 Å². The van der Waals surface area contributed by atoms with E-state index >= 15 is 0 Å². The molecular formula is C11H7BrCl2N2O2S. The van der Waals surface area contributed by atoms with Crippen LogP contribution in [0.5, 0.6) is 0 Å². The molecule has 2 rings (SSSR count). The number of anilines is 1. The number of hydrogen-bond donors (Lipinski definition) is 1. The van der Waals surface area contributed by atoms with Crippen LogP contribution in [0.2, 0.25) is 10.0 Å². The molecule has 1 aromatic carbocycles. The molecule has 1 aromatic heterocycles. The minimum atomic E-state index is -3.73. The van der Waals surface area contributed by atoms with Gasteiger partial charge in [-0.05, 0) is 40.2 Å². The maximum atomic E-state index is 12.2. The molecule has 8 heteroatoms. The van der Waals surface area contributed by atoms with Gasteiger partial charge < -0.3 is 0 Å². The summed E-state index contributed by atoms with van der Waals surface area (Å²) in [6.07, 6.45) is 2.98. The van der Waals surface area contributed by atoms with E-state index in [0.29, 0.717) is 15.2 Å². The number of benzene rings is 1. The zero-order chi connectivity index (χ0) is 14.0. The summed E-state index contributed by atoms with van der Waals surface area (Å²) in [5.41, 5.74) is 0.390. The number of aromatic nitrogens is 1. The zero-order valence-corrected chi connectivity index (χ0v) is 13.2.